The minimum Gasteiger partial charge on any atom is -0.383 e. The standard InChI is InChI=1S/C17H30N4O/c1-4-18-17(20-13-15-22-3)19-12-8-9-14-21(2)16-10-6-5-7-11-16/h5-7,10-11H,4,8-9,12-15H2,1-3H3,(H2,18,19,20). The van der Waals surface area contributed by atoms with Crippen LogP contribution in [0.1, 0.15) is 19.8 Å². The van der Waals surface area contributed by atoms with Crippen LogP contribution in [0.25, 0.3) is 0 Å². The van der Waals surface area contributed by atoms with E-state index >= 15 is 0 Å². The molecule has 0 aromatic heterocycles. The largest absolute Gasteiger partial charge is 0.383 e. The fourth-order valence-electron chi connectivity index (χ4n) is 2.08. The van der Waals surface area contributed by atoms with Gasteiger partial charge in [0, 0.05) is 46.0 Å². The molecule has 0 spiro atoms. The SMILES string of the molecule is CCNC(=NCCCCN(C)c1ccccc1)NCCOC. The van der Waals surface area contributed by atoms with Gasteiger partial charge in [-0.2, -0.15) is 0 Å². The molecule has 5 nitrogen and oxygen atoms in total. The Morgan fingerprint density at radius 3 is 2.64 bits per heavy atom. The zero-order valence-corrected chi connectivity index (χ0v) is 14.1. The zero-order valence-electron chi connectivity index (χ0n) is 14.1. The van der Waals surface area contributed by atoms with Crippen LogP contribution in [0.2, 0.25) is 0 Å². The maximum atomic E-state index is 5.03. The third kappa shape index (κ3) is 7.88. The average Bonchev–Trinajstić information content (AvgIpc) is 2.55. The molecule has 0 heterocycles. The monoisotopic (exact) mass is 306 g/mol. The first-order chi connectivity index (χ1) is 10.8. The van der Waals surface area contributed by atoms with Crippen LogP contribution in [0.4, 0.5) is 5.69 Å². The molecule has 0 fully saturated rings. The summed E-state index contributed by atoms with van der Waals surface area (Å²) < 4.78 is 5.03. The molecule has 1 rings (SSSR count). The molecule has 0 unspecified atom stereocenters. The van der Waals surface area contributed by atoms with E-state index in [4.69, 9.17) is 4.74 Å². The highest BCUT2D eigenvalue weighted by molar-refractivity contribution is 5.79. The molecule has 1 aromatic rings. The Labute approximate surface area is 134 Å². The zero-order chi connectivity index (χ0) is 16.0. The molecule has 0 atom stereocenters. The smallest absolute Gasteiger partial charge is 0.191 e. The van der Waals surface area contributed by atoms with Gasteiger partial charge in [0.15, 0.2) is 5.96 Å². The Balaban J connectivity index is 2.22. The first-order valence-electron chi connectivity index (χ1n) is 8.05. The Kier molecular flexibility index (Phi) is 9.87. The molecule has 0 bridgehead atoms. The molecule has 124 valence electrons. The Bertz CT molecular complexity index is 408. The second kappa shape index (κ2) is 11.9. The van der Waals surface area contributed by atoms with Gasteiger partial charge in [0.1, 0.15) is 0 Å². The molecule has 22 heavy (non-hydrogen) atoms. The van der Waals surface area contributed by atoms with E-state index in [0.29, 0.717) is 6.61 Å². The second-order valence-corrected chi connectivity index (χ2v) is 5.14. The summed E-state index contributed by atoms with van der Waals surface area (Å²) in [6.07, 6.45) is 2.21. The number of hydrogen-bond acceptors (Lipinski definition) is 3. The van der Waals surface area contributed by atoms with Crippen molar-refractivity contribution in [2.24, 2.45) is 4.99 Å². The number of nitrogens with zero attached hydrogens (tertiary/aromatic N) is 2. The minimum atomic E-state index is 0.687. The lowest BCUT2D eigenvalue weighted by Gasteiger charge is -2.18. The van der Waals surface area contributed by atoms with Gasteiger partial charge in [0.05, 0.1) is 6.61 Å². The van der Waals surface area contributed by atoms with Crippen molar-refractivity contribution in [3.63, 3.8) is 0 Å². The van der Waals surface area contributed by atoms with E-state index in [1.807, 2.05) is 6.07 Å². The van der Waals surface area contributed by atoms with E-state index in [-0.39, 0.29) is 0 Å². The van der Waals surface area contributed by atoms with E-state index in [1.165, 1.54) is 5.69 Å². The minimum absolute atomic E-state index is 0.687. The Morgan fingerprint density at radius 1 is 1.18 bits per heavy atom. The fraction of sp³-hybridized carbons (Fsp3) is 0.588. The number of nitrogens with one attached hydrogen (secondary N) is 2. The molecule has 0 saturated heterocycles. The molecule has 0 radical (unpaired) electrons. The van der Waals surface area contributed by atoms with Gasteiger partial charge in [0.25, 0.3) is 0 Å². The highest BCUT2D eigenvalue weighted by Gasteiger charge is 1.99. The molecular weight excluding hydrogens is 276 g/mol. The maximum absolute atomic E-state index is 5.03. The summed E-state index contributed by atoms with van der Waals surface area (Å²) in [4.78, 5) is 6.86. The highest BCUT2D eigenvalue weighted by Crippen LogP contribution is 2.11. The number of anilines is 1. The lowest BCUT2D eigenvalue weighted by atomic mass is 10.2. The third-order valence-corrected chi connectivity index (χ3v) is 3.31. The van der Waals surface area contributed by atoms with Gasteiger partial charge in [-0.15, -0.1) is 0 Å². The summed E-state index contributed by atoms with van der Waals surface area (Å²) in [7, 11) is 3.84. The second-order valence-electron chi connectivity index (χ2n) is 5.14. The van der Waals surface area contributed by atoms with E-state index in [9.17, 15) is 0 Å². The molecule has 0 saturated carbocycles. The number of methoxy groups -OCH3 is 1. The van der Waals surface area contributed by atoms with Crippen molar-refractivity contribution in [3.8, 4) is 0 Å². The number of para-hydroxylation sites is 1. The number of hydrogen-bond donors (Lipinski definition) is 2. The van der Waals surface area contributed by atoms with Gasteiger partial charge in [-0.25, -0.2) is 0 Å². The topological polar surface area (TPSA) is 48.9 Å². The molecule has 5 heteroatoms. The molecule has 0 aliphatic carbocycles. The van der Waals surface area contributed by atoms with Crippen molar-refractivity contribution in [1.82, 2.24) is 10.6 Å². The molecule has 1 aromatic carbocycles. The van der Waals surface area contributed by atoms with Crippen LogP contribution >= 0.6 is 0 Å². The number of ether oxygens (including phenoxy) is 1. The van der Waals surface area contributed by atoms with Crippen molar-refractivity contribution in [2.45, 2.75) is 19.8 Å². The van der Waals surface area contributed by atoms with E-state index in [2.05, 4.69) is 58.8 Å². The van der Waals surface area contributed by atoms with Crippen LogP contribution in [0.3, 0.4) is 0 Å². The predicted octanol–water partition coefficient (Wildman–Crippen LogP) is 2.10. The molecule has 2 N–H and O–H groups in total. The quantitative estimate of drug-likeness (QED) is 0.395. The van der Waals surface area contributed by atoms with E-state index < -0.39 is 0 Å². The van der Waals surface area contributed by atoms with Gasteiger partial charge >= 0.3 is 0 Å². The van der Waals surface area contributed by atoms with Crippen molar-refractivity contribution >= 4 is 11.6 Å². The van der Waals surface area contributed by atoms with Gasteiger partial charge < -0.3 is 20.3 Å². The summed E-state index contributed by atoms with van der Waals surface area (Å²) >= 11 is 0. The van der Waals surface area contributed by atoms with Crippen LogP contribution in [0, 0.1) is 0 Å². The van der Waals surface area contributed by atoms with Gasteiger partial charge in [-0.1, -0.05) is 18.2 Å². The van der Waals surface area contributed by atoms with Gasteiger partial charge in [-0.05, 0) is 31.9 Å². The van der Waals surface area contributed by atoms with Crippen molar-refractivity contribution in [3.05, 3.63) is 30.3 Å². The Morgan fingerprint density at radius 2 is 1.95 bits per heavy atom. The average molecular weight is 306 g/mol. The van der Waals surface area contributed by atoms with Crippen molar-refractivity contribution < 1.29 is 4.74 Å². The van der Waals surface area contributed by atoms with Crippen molar-refractivity contribution in [1.29, 1.82) is 0 Å². The number of aliphatic imine (C=N–C) groups is 1. The number of rotatable bonds is 10. The molecule has 0 aliphatic heterocycles. The third-order valence-electron chi connectivity index (χ3n) is 3.31. The molecule has 0 amide bonds. The van der Waals surface area contributed by atoms with Crippen LogP contribution < -0.4 is 15.5 Å². The Hall–Kier alpha value is -1.75. The predicted molar refractivity (Wildman–Crippen MR) is 94.8 cm³/mol. The first kappa shape index (κ1) is 18.3. The maximum Gasteiger partial charge on any atom is 0.191 e. The van der Waals surface area contributed by atoms with Crippen molar-refractivity contribution in [2.75, 3.05) is 51.8 Å². The van der Waals surface area contributed by atoms with Crippen LogP contribution in [-0.2, 0) is 4.74 Å². The summed E-state index contributed by atoms with van der Waals surface area (Å²) in [5.41, 5.74) is 1.26. The van der Waals surface area contributed by atoms with E-state index in [1.54, 1.807) is 7.11 Å². The number of guanidine groups is 1. The normalized spacial score (nSPS) is 11.3. The summed E-state index contributed by atoms with van der Waals surface area (Å²) in [5.74, 6) is 0.871. The van der Waals surface area contributed by atoms with Crippen LogP contribution in [0.15, 0.2) is 35.3 Å². The van der Waals surface area contributed by atoms with Crippen LogP contribution in [0.5, 0.6) is 0 Å². The summed E-state index contributed by atoms with van der Waals surface area (Å²) in [5, 5.41) is 6.49. The fourth-order valence-corrected chi connectivity index (χ4v) is 2.08. The van der Waals surface area contributed by atoms with Gasteiger partial charge in [-0.3, -0.25) is 4.99 Å². The summed E-state index contributed by atoms with van der Waals surface area (Å²) in [6.45, 7) is 6.29. The molecular formula is C17H30N4O. The first-order valence-corrected chi connectivity index (χ1v) is 8.05. The number of unbranched alkanes of at least 4 members (excludes halogenated alkanes) is 1. The lowest BCUT2D eigenvalue weighted by Crippen LogP contribution is -2.39. The highest BCUT2D eigenvalue weighted by atomic mass is 16.5. The summed E-state index contributed by atoms with van der Waals surface area (Å²) in [6, 6.07) is 10.5. The van der Waals surface area contributed by atoms with Crippen LogP contribution in [-0.4, -0.2) is 52.9 Å². The molecule has 0 aliphatic rings. The van der Waals surface area contributed by atoms with Gasteiger partial charge in [0.2, 0.25) is 0 Å². The lowest BCUT2D eigenvalue weighted by molar-refractivity contribution is 0.203. The van der Waals surface area contributed by atoms with E-state index in [0.717, 1.165) is 45.0 Å². The number of benzene rings is 1.